The highest BCUT2D eigenvalue weighted by molar-refractivity contribution is 5.81. The van der Waals surface area contributed by atoms with Gasteiger partial charge in [0.2, 0.25) is 0 Å². The van der Waals surface area contributed by atoms with Crippen LogP contribution < -0.4 is 10.4 Å². The molecule has 0 atom stereocenters. The first kappa shape index (κ1) is 32.2. The first-order valence-electron chi connectivity index (χ1n) is 11.0. The predicted molar refractivity (Wildman–Crippen MR) is 124 cm³/mol. The molecule has 0 unspecified atom stereocenters. The van der Waals surface area contributed by atoms with E-state index >= 15 is 17.6 Å². The fraction of sp³-hybridized carbons (Fsp3) is 0.0714. The lowest BCUT2D eigenvalue weighted by molar-refractivity contribution is -0.138. The van der Waals surface area contributed by atoms with Crippen LogP contribution in [0.2, 0.25) is 0 Å². The molecule has 0 N–H and O–H groups in total. The van der Waals surface area contributed by atoms with E-state index in [2.05, 4.69) is 0 Å². The van der Waals surface area contributed by atoms with Crippen molar-refractivity contribution in [1.29, 1.82) is 31.6 Å². The maximum atomic E-state index is 15.3. The molecule has 0 fully saturated rings. The molecule has 0 aliphatic carbocycles. The van der Waals surface area contributed by atoms with E-state index in [1.807, 2.05) is 0 Å². The molecule has 3 rings (SSSR count). The fourth-order valence-electron chi connectivity index (χ4n) is 4.04. The van der Waals surface area contributed by atoms with Crippen LogP contribution in [0.5, 0.6) is 0 Å². The lowest BCUT2D eigenvalue weighted by Gasteiger charge is -2.13. The Bertz CT molecular complexity index is 1970. The number of halogens is 10. The maximum absolute atomic E-state index is 15.3. The Morgan fingerprint density at radius 1 is 0.477 bits per heavy atom. The summed E-state index contributed by atoms with van der Waals surface area (Å²) >= 11 is 0. The minimum absolute atomic E-state index is 0.0201. The van der Waals surface area contributed by atoms with Crippen molar-refractivity contribution >= 4 is 11.1 Å². The summed E-state index contributed by atoms with van der Waals surface area (Å²) in [6.07, 6.45) is -10.7. The molecule has 0 amide bonds. The topological polar surface area (TPSA) is 143 Å². The monoisotopic (exact) mass is 614 g/mol. The van der Waals surface area contributed by atoms with Gasteiger partial charge in [0.05, 0.1) is 55.0 Å². The van der Waals surface area contributed by atoms with Crippen LogP contribution in [0.1, 0.15) is 44.5 Å². The quantitative estimate of drug-likeness (QED) is 0.287. The second kappa shape index (κ2) is 11.5. The van der Waals surface area contributed by atoms with Gasteiger partial charge in [-0.3, -0.25) is 0 Å². The van der Waals surface area contributed by atoms with Gasteiger partial charge in [0.1, 0.15) is 36.4 Å². The summed E-state index contributed by atoms with van der Waals surface area (Å²) in [5.74, 6) is -9.93. The van der Waals surface area contributed by atoms with Crippen molar-refractivity contribution in [2.45, 2.75) is 12.4 Å². The first-order valence-corrected chi connectivity index (χ1v) is 11.0. The fourth-order valence-corrected chi connectivity index (χ4v) is 4.04. The standard InChI is InChI=1S/C28H4F10N6/c29-23-21(17(9-43)11-1-13(5-39)15(7-41)19(3-11)27(33,34)35)24(30)26(32)22(25(23)31)18(10-44)12-2-14(6-40)16(8-42)20(4-12)28(36,37)38/h1-4H. The summed E-state index contributed by atoms with van der Waals surface area (Å²) < 4.78 is 143. The van der Waals surface area contributed by atoms with E-state index in [4.69, 9.17) is 10.5 Å². The van der Waals surface area contributed by atoms with Crippen LogP contribution in [-0.2, 0) is 12.4 Å². The van der Waals surface area contributed by atoms with Crippen LogP contribution in [0.3, 0.4) is 0 Å². The zero-order valence-electron chi connectivity index (χ0n) is 20.8. The maximum Gasteiger partial charge on any atom is 0.417 e. The lowest BCUT2D eigenvalue weighted by Crippen LogP contribution is -2.32. The highest BCUT2D eigenvalue weighted by Gasteiger charge is 2.37. The van der Waals surface area contributed by atoms with Crippen molar-refractivity contribution in [2.75, 3.05) is 0 Å². The first-order chi connectivity index (χ1) is 20.5. The molecule has 3 aromatic rings. The number of hydrogen-bond donors (Lipinski definition) is 0. The van der Waals surface area contributed by atoms with Crippen LogP contribution in [0.25, 0.3) is 11.1 Å². The number of alkyl halides is 6. The number of rotatable bonds is 2. The van der Waals surface area contributed by atoms with Gasteiger partial charge in [0.15, 0.2) is 23.3 Å². The van der Waals surface area contributed by atoms with Crippen molar-refractivity contribution in [1.82, 2.24) is 0 Å². The lowest BCUT2D eigenvalue weighted by atomic mass is 9.92. The minimum Gasteiger partial charge on any atom is -0.203 e. The largest absolute Gasteiger partial charge is 0.417 e. The van der Waals surface area contributed by atoms with E-state index in [-0.39, 0.29) is 12.1 Å². The Labute approximate surface area is 238 Å². The van der Waals surface area contributed by atoms with E-state index in [0.29, 0.717) is 12.1 Å². The molecule has 0 radical (unpaired) electrons. The van der Waals surface area contributed by atoms with Crippen molar-refractivity contribution in [2.24, 2.45) is 0 Å². The van der Waals surface area contributed by atoms with Gasteiger partial charge in [-0.15, -0.1) is 0 Å². The predicted octanol–water partition coefficient (Wildman–Crippen LogP) is 5.21. The molecular formula is C28H4F10N6. The molecule has 0 aromatic heterocycles. The van der Waals surface area contributed by atoms with Gasteiger partial charge in [0.25, 0.3) is 0 Å². The molecular weight excluding hydrogens is 610 g/mol. The number of nitrogens with zero attached hydrogens (tertiary/aromatic N) is 6. The Kier molecular flexibility index (Phi) is 8.40. The highest BCUT2D eigenvalue weighted by atomic mass is 19.4. The summed E-state index contributed by atoms with van der Waals surface area (Å²) in [6.45, 7) is 0. The Morgan fingerprint density at radius 2 is 0.773 bits per heavy atom. The molecule has 0 aliphatic heterocycles. The summed E-state index contributed by atoms with van der Waals surface area (Å²) in [4.78, 5) is 0. The molecule has 216 valence electrons. The zero-order valence-corrected chi connectivity index (χ0v) is 20.8. The van der Waals surface area contributed by atoms with Crippen molar-refractivity contribution in [3.63, 3.8) is 0 Å². The third-order valence-corrected chi connectivity index (χ3v) is 5.92. The van der Waals surface area contributed by atoms with Crippen LogP contribution in [0.15, 0.2) is 24.3 Å². The smallest absolute Gasteiger partial charge is 0.203 e. The molecule has 0 heterocycles. The van der Waals surface area contributed by atoms with Gasteiger partial charge in [-0.2, -0.15) is 57.9 Å². The van der Waals surface area contributed by atoms with Crippen LogP contribution >= 0.6 is 0 Å². The SMILES string of the molecule is N#CC(c1cc(C#N)c(C#N)c(C(F)(F)F)c1)=c1c(F)c(F)c(=C(C#N)c2cc(C#N)c(C#N)c(C(F)(F)F)c2)c(F)c1F. The van der Waals surface area contributed by atoms with Gasteiger partial charge in [-0.05, 0) is 35.4 Å². The van der Waals surface area contributed by atoms with E-state index in [0.717, 1.165) is 24.3 Å². The van der Waals surface area contributed by atoms with Crippen LogP contribution in [-0.4, -0.2) is 0 Å². The Hall–Kier alpha value is -6.36. The van der Waals surface area contributed by atoms with Crippen molar-refractivity contribution < 1.29 is 43.9 Å². The molecule has 3 aromatic carbocycles. The van der Waals surface area contributed by atoms with Gasteiger partial charge < -0.3 is 0 Å². The summed E-state index contributed by atoms with van der Waals surface area (Å²) in [5, 5.41) is 51.8. The van der Waals surface area contributed by atoms with Crippen molar-refractivity contribution in [3.05, 3.63) is 102 Å². The molecule has 16 heteroatoms. The molecule has 0 aliphatic rings. The average molecular weight is 614 g/mol. The van der Waals surface area contributed by atoms with E-state index in [9.17, 15) is 47.4 Å². The van der Waals surface area contributed by atoms with Gasteiger partial charge in [0, 0.05) is 0 Å². The van der Waals surface area contributed by atoms with Crippen molar-refractivity contribution in [3.8, 4) is 36.4 Å². The average Bonchev–Trinajstić information content (AvgIpc) is 2.97. The Balaban J connectivity index is 2.62. The highest BCUT2D eigenvalue weighted by Crippen LogP contribution is 2.36. The summed E-state index contributed by atoms with van der Waals surface area (Å²) in [7, 11) is 0. The molecule has 0 spiro atoms. The molecule has 0 saturated heterocycles. The van der Waals surface area contributed by atoms with E-state index in [1.165, 1.54) is 12.1 Å². The third-order valence-electron chi connectivity index (χ3n) is 5.92. The summed E-state index contributed by atoms with van der Waals surface area (Å²) in [5.41, 5.74) is -13.4. The molecule has 44 heavy (non-hydrogen) atoms. The van der Waals surface area contributed by atoms with Gasteiger partial charge in [-0.25, -0.2) is 17.6 Å². The van der Waals surface area contributed by atoms with Gasteiger partial charge >= 0.3 is 12.4 Å². The minimum atomic E-state index is -5.36. The van der Waals surface area contributed by atoms with Gasteiger partial charge in [-0.1, -0.05) is 0 Å². The Morgan fingerprint density at radius 3 is 0.977 bits per heavy atom. The number of hydrogen-bond acceptors (Lipinski definition) is 6. The zero-order chi connectivity index (χ0) is 33.3. The molecule has 0 bridgehead atoms. The summed E-state index contributed by atoms with van der Waals surface area (Å²) in [6, 6.07) is 7.67. The van der Waals surface area contributed by atoms with Crippen LogP contribution in [0, 0.1) is 91.3 Å². The van der Waals surface area contributed by atoms with E-state index in [1.54, 1.807) is 0 Å². The van der Waals surface area contributed by atoms with Crippen LogP contribution in [0.4, 0.5) is 43.9 Å². The number of nitriles is 6. The molecule has 6 nitrogen and oxygen atoms in total. The normalized spacial score (nSPS) is 10.8. The second-order valence-corrected chi connectivity index (χ2v) is 8.32. The second-order valence-electron chi connectivity index (χ2n) is 8.32. The molecule has 0 saturated carbocycles. The van der Waals surface area contributed by atoms with E-state index < -0.39 is 102 Å². The number of benzene rings is 3. The third kappa shape index (κ3) is 5.32.